The van der Waals surface area contributed by atoms with E-state index < -0.39 is 6.29 Å². The first kappa shape index (κ1) is 20.5. The van der Waals surface area contributed by atoms with Crippen LogP contribution in [0, 0.1) is 0 Å². The topological polar surface area (TPSA) is 44.5 Å². The molecule has 0 fully saturated rings. The van der Waals surface area contributed by atoms with Crippen LogP contribution < -0.4 is 9.47 Å². The van der Waals surface area contributed by atoms with Gasteiger partial charge in [0.15, 0.2) is 17.1 Å². The number of nitrogens with zero attached hydrogens (tertiary/aromatic N) is 1. The minimum absolute atomic E-state index is 0.489. The quantitative estimate of drug-likeness (QED) is 0.262. The molecule has 0 spiro atoms. The van der Waals surface area contributed by atoms with E-state index in [9.17, 15) is 0 Å². The number of aromatic nitrogens is 1. The molecule has 6 aromatic rings. The molecular formula is C32H21NO3. The highest BCUT2D eigenvalue weighted by Crippen LogP contribution is 2.43. The zero-order valence-electron chi connectivity index (χ0n) is 19.3. The fourth-order valence-corrected chi connectivity index (χ4v) is 4.54. The molecule has 5 aromatic carbocycles. The van der Waals surface area contributed by atoms with Gasteiger partial charge in [0.05, 0.1) is 0 Å². The van der Waals surface area contributed by atoms with Gasteiger partial charge in [-0.1, -0.05) is 84.9 Å². The van der Waals surface area contributed by atoms with E-state index in [-0.39, 0.29) is 0 Å². The summed E-state index contributed by atoms with van der Waals surface area (Å²) in [6.45, 7) is 0. The number of ether oxygens (including phenoxy) is 2. The van der Waals surface area contributed by atoms with Crippen molar-refractivity contribution in [2.45, 2.75) is 6.29 Å². The Morgan fingerprint density at radius 1 is 0.500 bits per heavy atom. The van der Waals surface area contributed by atoms with Crippen molar-refractivity contribution in [1.29, 1.82) is 0 Å². The van der Waals surface area contributed by atoms with Crippen LogP contribution in [0.5, 0.6) is 11.5 Å². The van der Waals surface area contributed by atoms with E-state index in [4.69, 9.17) is 13.9 Å². The van der Waals surface area contributed by atoms with E-state index in [0.717, 1.165) is 56.0 Å². The van der Waals surface area contributed by atoms with Crippen LogP contribution in [0.2, 0.25) is 0 Å². The highest BCUT2D eigenvalue weighted by Gasteiger charge is 2.26. The van der Waals surface area contributed by atoms with Crippen LogP contribution in [0.1, 0.15) is 11.9 Å². The Bertz CT molecular complexity index is 1670. The Kier molecular flexibility index (Phi) is 4.81. The largest absolute Gasteiger partial charge is 0.447 e. The fraction of sp³-hybridized carbons (Fsp3) is 0.0312. The molecule has 0 radical (unpaired) electrons. The number of hydrogen-bond donors (Lipinski definition) is 0. The molecule has 0 bridgehead atoms. The molecule has 1 atom stereocenters. The molecule has 4 nitrogen and oxygen atoms in total. The van der Waals surface area contributed by atoms with Crippen molar-refractivity contribution in [2.75, 3.05) is 0 Å². The first-order valence-corrected chi connectivity index (χ1v) is 11.9. The van der Waals surface area contributed by atoms with Crippen LogP contribution in [-0.2, 0) is 0 Å². The molecule has 1 aromatic heterocycles. The van der Waals surface area contributed by atoms with Crippen molar-refractivity contribution in [2.24, 2.45) is 0 Å². The number of hydrogen-bond acceptors (Lipinski definition) is 4. The number of fused-ring (bicyclic) bond motifs is 2. The van der Waals surface area contributed by atoms with Gasteiger partial charge < -0.3 is 13.9 Å². The Morgan fingerprint density at radius 2 is 1.11 bits per heavy atom. The summed E-state index contributed by atoms with van der Waals surface area (Å²) in [7, 11) is 0. The molecule has 172 valence electrons. The third kappa shape index (κ3) is 3.69. The van der Waals surface area contributed by atoms with Crippen molar-refractivity contribution < 1.29 is 13.9 Å². The predicted octanol–water partition coefficient (Wildman–Crippen LogP) is 8.30. The number of oxazole rings is 1. The van der Waals surface area contributed by atoms with Crippen LogP contribution in [0.25, 0.3) is 44.8 Å². The second-order valence-corrected chi connectivity index (χ2v) is 8.78. The molecule has 0 saturated heterocycles. The lowest BCUT2D eigenvalue weighted by atomic mass is 10.1. The monoisotopic (exact) mass is 467 g/mol. The highest BCUT2D eigenvalue weighted by atomic mass is 16.7. The molecule has 1 unspecified atom stereocenters. The molecule has 7 rings (SSSR count). The normalized spacial score (nSPS) is 14.3. The van der Waals surface area contributed by atoms with E-state index in [1.165, 1.54) is 0 Å². The van der Waals surface area contributed by atoms with Gasteiger partial charge in [-0.25, -0.2) is 4.98 Å². The van der Waals surface area contributed by atoms with Gasteiger partial charge in [0, 0.05) is 11.1 Å². The Labute approximate surface area is 208 Å². The van der Waals surface area contributed by atoms with Gasteiger partial charge in [-0.05, 0) is 58.7 Å². The molecule has 4 heteroatoms. The first-order chi connectivity index (χ1) is 17.8. The molecule has 0 aliphatic carbocycles. The van der Waals surface area contributed by atoms with Crippen molar-refractivity contribution in [3.05, 3.63) is 127 Å². The van der Waals surface area contributed by atoms with Crippen molar-refractivity contribution in [3.63, 3.8) is 0 Å². The molecule has 36 heavy (non-hydrogen) atoms. The van der Waals surface area contributed by atoms with E-state index in [2.05, 4.69) is 41.4 Å². The zero-order chi connectivity index (χ0) is 23.9. The summed E-state index contributed by atoms with van der Waals surface area (Å²) in [5.41, 5.74) is 7.92. The minimum Gasteiger partial charge on any atom is -0.447 e. The second-order valence-electron chi connectivity index (χ2n) is 8.78. The van der Waals surface area contributed by atoms with Crippen LogP contribution in [0.15, 0.2) is 126 Å². The van der Waals surface area contributed by atoms with Crippen molar-refractivity contribution in [3.8, 4) is 45.2 Å². The van der Waals surface area contributed by atoms with E-state index in [1.54, 1.807) is 0 Å². The summed E-state index contributed by atoms with van der Waals surface area (Å²) < 4.78 is 18.3. The summed E-state index contributed by atoms with van der Waals surface area (Å²) in [5.74, 6) is 2.08. The summed E-state index contributed by atoms with van der Waals surface area (Å²) in [6.07, 6.45) is -0.489. The smallest absolute Gasteiger partial charge is 0.267 e. The average Bonchev–Trinajstić information content (AvgIpc) is 3.58. The Morgan fingerprint density at radius 3 is 1.83 bits per heavy atom. The van der Waals surface area contributed by atoms with Crippen LogP contribution >= 0.6 is 0 Å². The van der Waals surface area contributed by atoms with Crippen LogP contribution in [0.3, 0.4) is 0 Å². The maximum absolute atomic E-state index is 6.14. The van der Waals surface area contributed by atoms with Gasteiger partial charge in [0.2, 0.25) is 5.89 Å². The van der Waals surface area contributed by atoms with Gasteiger partial charge in [-0.3, -0.25) is 0 Å². The molecule has 0 amide bonds. The fourth-order valence-electron chi connectivity index (χ4n) is 4.54. The molecule has 0 N–H and O–H groups in total. The molecule has 1 aliphatic heterocycles. The summed E-state index contributed by atoms with van der Waals surface area (Å²) >= 11 is 0. The summed E-state index contributed by atoms with van der Waals surface area (Å²) in [4.78, 5) is 4.69. The van der Waals surface area contributed by atoms with Crippen molar-refractivity contribution in [1.82, 2.24) is 4.98 Å². The van der Waals surface area contributed by atoms with Crippen LogP contribution in [-0.4, -0.2) is 4.98 Å². The third-order valence-electron chi connectivity index (χ3n) is 6.44. The van der Waals surface area contributed by atoms with Gasteiger partial charge in [0.1, 0.15) is 5.52 Å². The molecule has 2 heterocycles. The first-order valence-electron chi connectivity index (χ1n) is 11.9. The zero-order valence-corrected chi connectivity index (χ0v) is 19.3. The standard InChI is InChI=1S/C32H21NO3/c1-3-7-21(8-4-1)25-15-17-27-29(19-25)34-31(33-27)23-11-13-24(14-12-23)32-35-28-18-16-26(20-30(28)36-32)22-9-5-2-6-10-22/h1-20,32H. The Hall–Kier alpha value is -4.83. The van der Waals surface area contributed by atoms with Gasteiger partial charge >= 0.3 is 0 Å². The van der Waals surface area contributed by atoms with E-state index in [0.29, 0.717) is 5.89 Å². The molecular weight excluding hydrogens is 446 g/mol. The number of rotatable bonds is 4. The maximum atomic E-state index is 6.14. The second kappa shape index (κ2) is 8.43. The molecule has 1 aliphatic rings. The van der Waals surface area contributed by atoms with Crippen LogP contribution in [0.4, 0.5) is 0 Å². The minimum atomic E-state index is -0.489. The summed E-state index contributed by atoms with van der Waals surface area (Å²) in [6, 6.07) is 40.6. The lowest BCUT2D eigenvalue weighted by Crippen LogP contribution is -2.07. The Balaban J connectivity index is 1.12. The van der Waals surface area contributed by atoms with Gasteiger partial charge in [-0.2, -0.15) is 0 Å². The molecule has 0 saturated carbocycles. The lowest BCUT2D eigenvalue weighted by Gasteiger charge is -2.10. The lowest BCUT2D eigenvalue weighted by molar-refractivity contribution is 0.0487. The van der Waals surface area contributed by atoms with Gasteiger partial charge in [-0.15, -0.1) is 0 Å². The average molecular weight is 468 g/mol. The van der Waals surface area contributed by atoms with E-state index >= 15 is 0 Å². The number of benzene rings is 5. The van der Waals surface area contributed by atoms with E-state index in [1.807, 2.05) is 84.9 Å². The third-order valence-corrected chi connectivity index (χ3v) is 6.44. The SMILES string of the molecule is c1ccc(-c2ccc3c(c2)OC(c2ccc(-c4nc5ccc(-c6ccccc6)cc5o4)cc2)O3)cc1. The van der Waals surface area contributed by atoms with Crippen molar-refractivity contribution >= 4 is 11.1 Å². The highest BCUT2D eigenvalue weighted by molar-refractivity contribution is 5.82. The van der Waals surface area contributed by atoms with Gasteiger partial charge in [0.25, 0.3) is 6.29 Å². The predicted molar refractivity (Wildman–Crippen MR) is 141 cm³/mol. The summed E-state index contributed by atoms with van der Waals surface area (Å²) in [5, 5.41) is 0. The maximum Gasteiger partial charge on any atom is 0.267 e.